The molecule has 2 N–H and O–H groups in total. The Morgan fingerprint density at radius 2 is 2.26 bits per heavy atom. The van der Waals surface area contributed by atoms with E-state index >= 15 is 0 Å². The molecule has 1 aliphatic rings. The first kappa shape index (κ1) is 15.3. The lowest BCUT2D eigenvalue weighted by Gasteiger charge is -2.10. The van der Waals surface area contributed by atoms with E-state index in [1.54, 1.807) is 6.07 Å². The summed E-state index contributed by atoms with van der Waals surface area (Å²) in [5, 5.41) is 3.48. The lowest BCUT2D eigenvalue weighted by molar-refractivity contribution is 0.579. The van der Waals surface area contributed by atoms with Gasteiger partial charge in [0, 0.05) is 28.1 Å². The number of thioether (sulfide) groups is 1. The van der Waals surface area contributed by atoms with Crippen LogP contribution in [0.15, 0.2) is 11.0 Å². The van der Waals surface area contributed by atoms with Crippen molar-refractivity contribution < 1.29 is 8.42 Å². The van der Waals surface area contributed by atoms with Gasteiger partial charge in [0.05, 0.1) is 4.90 Å². The van der Waals surface area contributed by atoms with Crippen molar-refractivity contribution in [2.75, 3.05) is 19.3 Å². The Labute approximate surface area is 123 Å². The third-order valence-electron chi connectivity index (χ3n) is 3.09. The Bertz CT molecular complexity index is 519. The van der Waals surface area contributed by atoms with Gasteiger partial charge in [-0.1, -0.05) is 0 Å². The molecule has 108 valence electrons. The smallest absolute Gasteiger partial charge is 0.241 e. The van der Waals surface area contributed by atoms with Gasteiger partial charge in [-0.05, 0) is 38.6 Å². The van der Waals surface area contributed by atoms with Crippen molar-refractivity contribution in [3.8, 4) is 0 Å². The molecule has 1 fully saturated rings. The van der Waals surface area contributed by atoms with E-state index in [4.69, 9.17) is 0 Å². The van der Waals surface area contributed by atoms with Crippen LogP contribution < -0.4 is 10.0 Å². The standard InChI is InChI=1S/C12H20N2O2S3/c1-9-12(6-11(18-9)7-13-2)19(15,16)14-8-10-4-3-5-17-10/h6,10,13-14H,3-5,7-8H2,1-2H3. The molecule has 0 saturated carbocycles. The molecule has 1 aliphatic heterocycles. The molecule has 1 aromatic heterocycles. The summed E-state index contributed by atoms with van der Waals surface area (Å²) in [5.74, 6) is 1.15. The molecule has 0 aromatic carbocycles. The minimum atomic E-state index is -3.36. The summed E-state index contributed by atoms with van der Waals surface area (Å²) >= 11 is 3.40. The fraction of sp³-hybridized carbons (Fsp3) is 0.667. The molecule has 2 heterocycles. The molecule has 0 spiro atoms. The molecule has 1 unspecified atom stereocenters. The van der Waals surface area contributed by atoms with Crippen molar-refractivity contribution in [3.05, 3.63) is 15.8 Å². The number of sulfonamides is 1. The summed E-state index contributed by atoms with van der Waals surface area (Å²) in [7, 11) is -1.50. The normalized spacial score (nSPS) is 20.0. The average Bonchev–Trinajstić information content (AvgIpc) is 2.97. The van der Waals surface area contributed by atoms with Crippen LogP contribution in [0.1, 0.15) is 22.6 Å². The van der Waals surface area contributed by atoms with Gasteiger partial charge in [-0.2, -0.15) is 11.8 Å². The lowest BCUT2D eigenvalue weighted by atomic mass is 10.2. The first-order valence-corrected chi connectivity index (χ1v) is 9.73. The molecule has 0 radical (unpaired) electrons. The van der Waals surface area contributed by atoms with Crippen LogP contribution in [0.5, 0.6) is 0 Å². The van der Waals surface area contributed by atoms with E-state index in [9.17, 15) is 8.42 Å². The van der Waals surface area contributed by atoms with Gasteiger partial charge in [0.25, 0.3) is 0 Å². The Morgan fingerprint density at radius 1 is 1.47 bits per heavy atom. The maximum absolute atomic E-state index is 12.3. The fourth-order valence-electron chi connectivity index (χ4n) is 2.14. The number of aryl methyl sites for hydroxylation is 1. The summed E-state index contributed by atoms with van der Waals surface area (Å²) < 4.78 is 27.3. The van der Waals surface area contributed by atoms with E-state index < -0.39 is 10.0 Å². The van der Waals surface area contributed by atoms with E-state index in [2.05, 4.69) is 10.0 Å². The first-order chi connectivity index (χ1) is 9.03. The molecule has 4 nitrogen and oxygen atoms in total. The highest BCUT2D eigenvalue weighted by atomic mass is 32.2. The van der Waals surface area contributed by atoms with Crippen LogP contribution >= 0.6 is 23.1 Å². The summed E-state index contributed by atoms with van der Waals surface area (Å²) in [4.78, 5) is 2.35. The van der Waals surface area contributed by atoms with Crippen LogP contribution in [0.3, 0.4) is 0 Å². The number of nitrogens with one attached hydrogen (secondary N) is 2. The maximum atomic E-state index is 12.3. The molecule has 1 saturated heterocycles. The monoisotopic (exact) mass is 320 g/mol. The SMILES string of the molecule is CNCc1cc(S(=O)(=O)NCC2CCCS2)c(C)s1. The predicted molar refractivity (Wildman–Crippen MR) is 82.5 cm³/mol. The molecule has 2 rings (SSSR count). The quantitative estimate of drug-likeness (QED) is 0.841. The third kappa shape index (κ3) is 3.95. The van der Waals surface area contributed by atoms with Gasteiger partial charge in [-0.25, -0.2) is 13.1 Å². The summed E-state index contributed by atoms with van der Waals surface area (Å²) in [6.45, 7) is 3.12. The summed E-state index contributed by atoms with van der Waals surface area (Å²) in [6.07, 6.45) is 2.31. The van der Waals surface area contributed by atoms with Gasteiger partial charge in [-0.3, -0.25) is 0 Å². The summed E-state index contributed by atoms with van der Waals surface area (Å²) in [6, 6.07) is 1.78. The minimum Gasteiger partial charge on any atom is -0.315 e. The third-order valence-corrected chi connectivity index (χ3v) is 7.22. The van der Waals surface area contributed by atoms with E-state index in [1.807, 2.05) is 25.7 Å². The van der Waals surface area contributed by atoms with E-state index in [0.717, 1.165) is 21.9 Å². The summed E-state index contributed by atoms with van der Waals surface area (Å²) in [5.41, 5.74) is 0. The zero-order valence-corrected chi connectivity index (χ0v) is 13.7. The van der Waals surface area contributed by atoms with Crippen molar-refractivity contribution in [1.29, 1.82) is 0 Å². The molecule has 0 bridgehead atoms. The van der Waals surface area contributed by atoms with Crippen molar-refractivity contribution in [1.82, 2.24) is 10.0 Å². The molecule has 0 amide bonds. The lowest BCUT2D eigenvalue weighted by Crippen LogP contribution is -2.29. The Morgan fingerprint density at radius 3 is 2.89 bits per heavy atom. The van der Waals surface area contributed by atoms with Crippen LogP contribution in [-0.2, 0) is 16.6 Å². The van der Waals surface area contributed by atoms with Gasteiger partial charge in [0.1, 0.15) is 0 Å². The second kappa shape index (κ2) is 6.58. The van der Waals surface area contributed by atoms with Crippen molar-refractivity contribution in [2.45, 2.75) is 36.5 Å². The van der Waals surface area contributed by atoms with Gasteiger partial charge in [0.2, 0.25) is 10.0 Å². The first-order valence-electron chi connectivity index (χ1n) is 6.38. The van der Waals surface area contributed by atoms with Crippen LogP contribution in [0, 0.1) is 6.92 Å². The zero-order valence-electron chi connectivity index (χ0n) is 11.2. The highest BCUT2D eigenvalue weighted by molar-refractivity contribution is 8.00. The van der Waals surface area contributed by atoms with Crippen LogP contribution in [0.25, 0.3) is 0 Å². The number of hydrogen-bond acceptors (Lipinski definition) is 5. The zero-order chi connectivity index (χ0) is 13.9. The van der Waals surface area contributed by atoms with Crippen LogP contribution in [-0.4, -0.2) is 33.0 Å². The molecule has 19 heavy (non-hydrogen) atoms. The molecule has 0 aliphatic carbocycles. The molecular formula is C12H20N2O2S3. The van der Waals surface area contributed by atoms with E-state index in [1.165, 1.54) is 17.8 Å². The molecular weight excluding hydrogens is 300 g/mol. The Balaban J connectivity index is 2.05. The number of thiophene rings is 1. The number of hydrogen-bond donors (Lipinski definition) is 2. The van der Waals surface area contributed by atoms with Gasteiger partial charge in [0.15, 0.2) is 0 Å². The van der Waals surface area contributed by atoms with E-state index in [0.29, 0.717) is 23.2 Å². The molecule has 1 atom stereocenters. The maximum Gasteiger partial charge on any atom is 0.241 e. The predicted octanol–water partition coefficient (Wildman–Crippen LogP) is 1.95. The second-order valence-corrected chi connectivity index (χ2v) is 9.13. The van der Waals surface area contributed by atoms with Gasteiger partial charge >= 0.3 is 0 Å². The van der Waals surface area contributed by atoms with Crippen LogP contribution in [0.4, 0.5) is 0 Å². The van der Waals surface area contributed by atoms with Gasteiger partial charge in [-0.15, -0.1) is 11.3 Å². The van der Waals surface area contributed by atoms with Crippen molar-refractivity contribution >= 4 is 33.1 Å². The molecule has 7 heteroatoms. The average molecular weight is 321 g/mol. The van der Waals surface area contributed by atoms with Crippen molar-refractivity contribution in [3.63, 3.8) is 0 Å². The van der Waals surface area contributed by atoms with E-state index in [-0.39, 0.29) is 0 Å². The highest BCUT2D eigenvalue weighted by Gasteiger charge is 2.22. The van der Waals surface area contributed by atoms with Gasteiger partial charge < -0.3 is 5.32 Å². The largest absolute Gasteiger partial charge is 0.315 e. The van der Waals surface area contributed by atoms with Crippen LogP contribution in [0.2, 0.25) is 0 Å². The fourth-order valence-corrected chi connectivity index (χ4v) is 6.17. The topological polar surface area (TPSA) is 58.2 Å². The minimum absolute atomic E-state index is 0.436. The Kier molecular flexibility index (Phi) is 5.30. The highest BCUT2D eigenvalue weighted by Crippen LogP contribution is 2.28. The molecule has 1 aromatic rings. The number of rotatable bonds is 6. The van der Waals surface area contributed by atoms with Crippen molar-refractivity contribution in [2.24, 2.45) is 0 Å². The Hall–Kier alpha value is -0.0800. The second-order valence-electron chi connectivity index (χ2n) is 4.65.